The Hall–Kier alpha value is -1.44. The van der Waals surface area contributed by atoms with Crippen molar-refractivity contribution in [2.24, 2.45) is 12.0 Å². The van der Waals surface area contributed by atoms with Gasteiger partial charge in [0.1, 0.15) is 0 Å². The number of nitrogens with zero attached hydrogens (tertiary/aromatic N) is 3. The van der Waals surface area contributed by atoms with Gasteiger partial charge in [0, 0.05) is 14.1 Å². The molecule has 0 aliphatic heterocycles. The first-order chi connectivity index (χ1) is 7.89. The van der Waals surface area contributed by atoms with Crippen LogP contribution in [0.1, 0.15) is 12.8 Å². The van der Waals surface area contributed by atoms with Gasteiger partial charge < -0.3 is 0 Å². The first-order valence-electron chi connectivity index (χ1n) is 5.05. The van der Waals surface area contributed by atoms with Gasteiger partial charge in [-0.3, -0.25) is 9.56 Å². The second kappa shape index (κ2) is 3.80. The van der Waals surface area contributed by atoms with Crippen LogP contribution in [0.2, 0.25) is 0 Å². The Morgan fingerprint density at radius 1 is 1.47 bits per heavy atom. The van der Waals surface area contributed by atoms with E-state index in [1.807, 2.05) is 0 Å². The van der Waals surface area contributed by atoms with Crippen molar-refractivity contribution in [3.05, 3.63) is 28.0 Å². The monoisotopic (exact) mass is 261 g/mol. The molecule has 0 aromatic carbocycles. The Kier molecular flexibility index (Phi) is 2.69. The van der Waals surface area contributed by atoms with Gasteiger partial charge in [-0.15, -0.1) is 0 Å². The molecule has 1 saturated carbocycles. The zero-order valence-electron chi connectivity index (χ0n) is 9.42. The Morgan fingerprint density at radius 3 is 2.53 bits per heavy atom. The molecule has 0 N–H and O–H groups in total. The van der Waals surface area contributed by atoms with Crippen molar-refractivity contribution in [3.8, 4) is 0 Å². The molecule has 0 atom stereocenters. The normalized spacial score (nSPS) is 17.5. The van der Waals surface area contributed by atoms with Crippen molar-refractivity contribution in [1.29, 1.82) is 0 Å². The van der Waals surface area contributed by atoms with E-state index in [4.69, 9.17) is 0 Å². The van der Waals surface area contributed by atoms with E-state index in [2.05, 4.69) is 4.99 Å². The zero-order chi connectivity index (χ0) is 12.8. The average Bonchev–Trinajstić information content (AvgIpc) is 3.07. The number of hydrogen-bond donors (Lipinski definition) is 0. The molecule has 0 bridgehead atoms. The number of halogens is 1. The van der Waals surface area contributed by atoms with E-state index < -0.39 is 26.8 Å². The fourth-order valence-electron chi connectivity index (χ4n) is 1.58. The van der Waals surface area contributed by atoms with E-state index >= 15 is 0 Å². The maximum atomic E-state index is 13.6. The van der Waals surface area contributed by atoms with Crippen LogP contribution in [0, 0.1) is 5.82 Å². The maximum Gasteiger partial charge on any atom is 0.343 e. The molecule has 94 valence electrons. The molecule has 8 heteroatoms. The average molecular weight is 261 g/mol. The van der Waals surface area contributed by atoms with Crippen molar-refractivity contribution in [3.63, 3.8) is 0 Å². The van der Waals surface area contributed by atoms with Crippen molar-refractivity contribution < 1.29 is 12.8 Å². The molecule has 2 rings (SSSR count). The molecular weight excluding hydrogens is 249 g/mol. The van der Waals surface area contributed by atoms with Gasteiger partial charge in [0.2, 0.25) is 10.0 Å². The SMILES string of the molecule is C/N=c1\c(F)cn(S(=O)(=O)C2CC2)c(=O)n1C. The zero-order valence-corrected chi connectivity index (χ0v) is 10.2. The predicted molar refractivity (Wildman–Crippen MR) is 58.5 cm³/mol. The van der Waals surface area contributed by atoms with Crippen LogP contribution in [-0.2, 0) is 17.1 Å². The summed E-state index contributed by atoms with van der Waals surface area (Å²) in [7, 11) is -1.15. The summed E-state index contributed by atoms with van der Waals surface area (Å²) < 4.78 is 38.7. The lowest BCUT2D eigenvalue weighted by atomic mass is 10.6. The van der Waals surface area contributed by atoms with Gasteiger partial charge in [0.05, 0.1) is 11.4 Å². The summed E-state index contributed by atoms with van der Waals surface area (Å²) in [4.78, 5) is 15.4. The van der Waals surface area contributed by atoms with Gasteiger partial charge in [-0.2, -0.15) is 3.97 Å². The number of hydrogen-bond acceptors (Lipinski definition) is 4. The minimum atomic E-state index is -3.76. The fraction of sp³-hybridized carbons (Fsp3) is 0.556. The summed E-state index contributed by atoms with van der Waals surface area (Å²) in [5.74, 6) is -0.834. The summed E-state index contributed by atoms with van der Waals surface area (Å²) in [6, 6.07) is 0. The molecule has 1 aliphatic carbocycles. The van der Waals surface area contributed by atoms with Gasteiger partial charge in [0.15, 0.2) is 11.3 Å². The quantitative estimate of drug-likeness (QED) is 0.699. The lowest BCUT2D eigenvalue weighted by molar-refractivity contribution is 0.537. The van der Waals surface area contributed by atoms with E-state index in [9.17, 15) is 17.6 Å². The molecule has 0 saturated heterocycles. The first kappa shape index (κ1) is 12.0. The molecular formula is C9H12FN3O3S. The van der Waals surface area contributed by atoms with E-state index in [0.717, 1.165) is 4.57 Å². The van der Waals surface area contributed by atoms with Crippen LogP contribution in [0.3, 0.4) is 0 Å². The highest BCUT2D eigenvalue weighted by Gasteiger charge is 2.38. The van der Waals surface area contributed by atoms with Crippen LogP contribution in [-0.4, -0.2) is 29.3 Å². The predicted octanol–water partition coefficient (Wildman–Crippen LogP) is -0.803. The van der Waals surface area contributed by atoms with Crippen molar-refractivity contribution in [2.45, 2.75) is 18.1 Å². The van der Waals surface area contributed by atoms with Crippen molar-refractivity contribution in [1.82, 2.24) is 8.54 Å². The molecule has 1 aromatic rings. The smallest absolute Gasteiger partial charge is 0.278 e. The molecule has 0 spiro atoms. The summed E-state index contributed by atoms with van der Waals surface area (Å²) in [6.07, 6.45) is 1.72. The Balaban J connectivity index is 2.78. The van der Waals surface area contributed by atoms with Crippen LogP contribution >= 0.6 is 0 Å². The standard InChI is InChI=1S/C9H12FN3O3S/c1-11-8-7(10)5-13(9(14)12(8)2)17(15,16)6-3-4-6/h5-6H,3-4H2,1-2H3/b11-8+. The Morgan fingerprint density at radius 2 is 2.06 bits per heavy atom. The molecule has 6 nitrogen and oxygen atoms in total. The molecule has 1 heterocycles. The number of aromatic nitrogens is 2. The van der Waals surface area contributed by atoms with Crippen LogP contribution < -0.4 is 11.2 Å². The highest BCUT2D eigenvalue weighted by molar-refractivity contribution is 7.90. The van der Waals surface area contributed by atoms with Crippen LogP contribution in [0.15, 0.2) is 16.0 Å². The number of rotatable bonds is 2. The van der Waals surface area contributed by atoms with Gasteiger partial charge in [-0.05, 0) is 12.8 Å². The fourth-order valence-corrected chi connectivity index (χ4v) is 3.21. The highest BCUT2D eigenvalue weighted by atomic mass is 32.2. The third-order valence-corrected chi connectivity index (χ3v) is 4.79. The Bertz CT molecular complexity index is 682. The molecule has 1 aromatic heterocycles. The maximum absolute atomic E-state index is 13.6. The van der Waals surface area contributed by atoms with Crippen LogP contribution in [0.4, 0.5) is 4.39 Å². The molecule has 1 fully saturated rings. The summed E-state index contributed by atoms with van der Waals surface area (Å²) in [5.41, 5.74) is -0.976. The van der Waals surface area contributed by atoms with Crippen molar-refractivity contribution in [2.75, 3.05) is 7.05 Å². The lowest BCUT2D eigenvalue weighted by Gasteiger charge is -2.08. The largest absolute Gasteiger partial charge is 0.343 e. The lowest BCUT2D eigenvalue weighted by Crippen LogP contribution is -2.43. The van der Waals surface area contributed by atoms with Gasteiger partial charge in [-0.1, -0.05) is 0 Å². The van der Waals surface area contributed by atoms with Crippen LogP contribution in [0.25, 0.3) is 0 Å². The van der Waals surface area contributed by atoms with Crippen LogP contribution in [0.5, 0.6) is 0 Å². The molecule has 0 amide bonds. The molecule has 0 unspecified atom stereocenters. The minimum absolute atomic E-state index is 0.169. The topological polar surface area (TPSA) is 73.4 Å². The highest BCUT2D eigenvalue weighted by Crippen LogP contribution is 2.28. The summed E-state index contributed by atoms with van der Waals surface area (Å²) in [5, 5.41) is -0.566. The minimum Gasteiger partial charge on any atom is -0.278 e. The van der Waals surface area contributed by atoms with Gasteiger partial charge in [0.25, 0.3) is 0 Å². The third kappa shape index (κ3) is 1.82. The second-order valence-electron chi connectivity index (χ2n) is 3.91. The molecule has 1 aliphatic rings. The third-order valence-electron chi connectivity index (χ3n) is 2.67. The van der Waals surface area contributed by atoms with E-state index in [1.54, 1.807) is 0 Å². The Labute approximate surface area is 97.1 Å². The summed E-state index contributed by atoms with van der Waals surface area (Å²) in [6.45, 7) is 0. The summed E-state index contributed by atoms with van der Waals surface area (Å²) >= 11 is 0. The van der Waals surface area contributed by atoms with E-state index in [0.29, 0.717) is 23.0 Å². The van der Waals surface area contributed by atoms with Crippen molar-refractivity contribution >= 4 is 10.0 Å². The van der Waals surface area contributed by atoms with E-state index in [1.165, 1.54) is 14.1 Å². The molecule has 17 heavy (non-hydrogen) atoms. The second-order valence-corrected chi connectivity index (χ2v) is 6.00. The van der Waals surface area contributed by atoms with Gasteiger partial charge in [-0.25, -0.2) is 17.6 Å². The molecule has 0 radical (unpaired) electrons. The van der Waals surface area contributed by atoms with E-state index in [-0.39, 0.29) is 5.49 Å². The van der Waals surface area contributed by atoms with Gasteiger partial charge >= 0.3 is 5.69 Å². The first-order valence-corrected chi connectivity index (χ1v) is 6.55.